The highest BCUT2D eigenvalue weighted by atomic mass is 15.1. The summed E-state index contributed by atoms with van der Waals surface area (Å²) < 4.78 is 0. The van der Waals surface area contributed by atoms with E-state index in [-0.39, 0.29) is 0 Å². The molecular weight excluding hydrogens is 220 g/mol. The minimum Gasteiger partial charge on any atom is -0.312 e. The molecule has 0 radical (unpaired) electrons. The Kier molecular flexibility index (Phi) is 5.21. The Balaban J connectivity index is 1.81. The highest BCUT2D eigenvalue weighted by Gasteiger charge is 2.15. The summed E-state index contributed by atoms with van der Waals surface area (Å²) in [5.41, 5.74) is 1.46. The molecule has 2 nitrogen and oxygen atoms in total. The van der Waals surface area contributed by atoms with Crippen LogP contribution < -0.4 is 5.32 Å². The average Bonchev–Trinajstić information content (AvgIpc) is 2.37. The standard InChI is InChI=1S/C16H26N2/c1-14-8-11-18(12-9-15(2)17-14)13-10-16-6-4-3-5-7-16/h3-7,14-15,17H,8-13H2,1-2H3. The zero-order valence-electron chi connectivity index (χ0n) is 11.7. The van der Waals surface area contributed by atoms with Crippen molar-refractivity contribution in [3.05, 3.63) is 35.9 Å². The summed E-state index contributed by atoms with van der Waals surface area (Å²) in [6.45, 7) is 8.26. The lowest BCUT2D eigenvalue weighted by Gasteiger charge is -2.30. The topological polar surface area (TPSA) is 15.3 Å². The van der Waals surface area contributed by atoms with Crippen LogP contribution in [0, 0.1) is 0 Å². The summed E-state index contributed by atoms with van der Waals surface area (Å²) in [7, 11) is 0. The molecule has 1 fully saturated rings. The van der Waals surface area contributed by atoms with Crippen molar-refractivity contribution >= 4 is 0 Å². The lowest BCUT2D eigenvalue weighted by atomic mass is 10.1. The Labute approximate surface area is 111 Å². The smallest absolute Gasteiger partial charge is 0.00533 e. The molecule has 2 heteroatoms. The van der Waals surface area contributed by atoms with E-state index in [0.717, 1.165) is 0 Å². The molecule has 1 aromatic rings. The van der Waals surface area contributed by atoms with Crippen LogP contribution in [-0.2, 0) is 6.42 Å². The lowest BCUT2D eigenvalue weighted by Crippen LogP contribution is -2.43. The first-order chi connectivity index (χ1) is 8.74. The minimum absolute atomic E-state index is 0.652. The molecule has 1 saturated heterocycles. The van der Waals surface area contributed by atoms with E-state index in [1.165, 1.54) is 44.5 Å². The molecule has 100 valence electrons. The molecule has 2 atom stereocenters. The van der Waals surface area contributed by atoms with E-state index in [1.54, 1.807) is 0 Å². The van der Waals surface area contributed by atoms with E-state index >= 15 is 0 Å². The van der Waals surface area contributed by atoms with Crippen LogP contribution in [-0.4, -0.2) is 36.6 Å². The van der Waals surface area contributed by atoms with Gasteiger partial charge in [0.15, 0.2) is 0 Å². The van der Waals surface area contributed by atoms with Crippen LogP contribution in [0.15, 0.2) is 30.3 Å². The number of rotatable bonds is 3. The molecule has 2 unspecified atom stereocenters. The molecule has 0 aliphatic carbocycles. The van der Waals surface area contributed by atoms with Gasteiger partial charge in [-0.25, -0.2) is 0 Å². The van der Waals surface area contributed by atoms with E-state index in [4.69, 9.17) is 0 Å². The summed E-state index contributed by atoms with van der Waals surface area (Å²) in [5, 5.41) is 3.65. The summed E-state index contributed by atoms with van der Waals surface area (Å²) in [6, 6.07) is 12.1. The average molecular weight is 246 g/mol. The first-order valence-electron chi connectivity index (χ1n) is 7.26. The van der Waals surface area contributed by atoms with E-state index < -0.39 is 0 Å². The van der Waals surface area contributed by atoms with Gasteiger partial charge in [-0.05, 0) is 51.8 Å². The Morgan fingerprint density at radius 1 is 1.06 bits per heavy atom. The van der Waals surface area contributed by atoms with Gasteiger partial charge in [-0.15, -0.1) is 0 Å². The minimum atomic E-state index is 0.652. The predicted octanol–water partition coefficient (Wildman–Crippen LogP) is 2.69. The number of nitrogens with one attached hydrogen (secondary N) is 1. The quantitative estimate of drug-likeness (QED) is 0.882. The van der Waals surface area contributed by atoms with Crippen LogP contribution in [0.3, 0.4) is 0 Å². The van der Waals surface area contributed by atoms with Crippen LogP contribution in [0.5, 0.6) is 0 Å². The fourth-order valence-electron chi connectivity index (χ4n) is 2.67. The van der Waals surface area contributed by atoms with Crippen molar-refractivity contribution < 1.29 is 0 Å². The summed E-state index contributed by atoms with van der Waals surface area (Å²) in [6.07, 6.45) is 3.70. The van der Waals surface area contributed by atoms with E-state index in [9.17, 15) is 0 Å². The maximum absolute atomic E-state index is 3.65. The lowest BCUT2D eigenvalue weighted by molar-refractivity contribution is 0.221. The normalized spacial score (nSPS) is 26.6. The van der Waals surface area contributed by atoms with Crippen molar-refractivity contribution in [2.24, 2.45) is 0 Å². The Morgan fingerprint density at radius 3 is 2.28 bits per heavy atom. The fraction of sp³-hybridized carbons (Fsp3) is 0.625. The van der Waals surface area contributed by atoms with Crippen molar-refractivity contribution in [1.29, 1.82) is 0 Å². The SMILES string of the molecule is CC1CCN(CCc2ccccc2)CCC(C)N1. The van der Waals surface area contributed by atoms with Crippen LogP contribution in [0.2, 0.25) is 0 Å². The Hall–Kier alpha value is -0.860. The molecule has 0 saturated carbocycles. The Morgan fingerprint density at radius 2 is 1.67 bits per heavy atom. The van der Waals surface area contributed by atoms with Crippen molar-refractivity contribution in [3.8, 4) is 0 Å². The van der Waals surface area contributed by atoms with Gasteiger partial charge in [-0.2, -0.15) is 0 Å². The molecule has 1 aliphatic heterocycles. The summed E-state index contributed by atoms with van der Waals surface area (Å²) >= 11 is 0. The second kappa shape index (κ2) is 6.91. The van der Waals surface area contributed by atoms with Gasteiger partial charge >= 0.3 is 0 Å². The van der Waals surface area contributed by atoms with Gasteiger partial charge in [-0.3, -0.25) is 0 Å². The second-order valence-corrected chi connectivity index (χ2v) is 5.62. The molecule has 0 amide bonds. The number of hydrogen-bond acceptors (Lipinski definition) is 2. The number of benzene rings is 1. The monoisotopic (exact) mass is 246 g/mol. The second-order valence-electron chi connectivity index (χ2n) is 5.62. The van der Waals surface area contributed by atoms with Gasteiger partial charge in [0.25, 0.3) is 0 Å². The largest absolute Gasteiger partial charge is 0.312 e. The third-order valence-electron chi connectivity index (χ3n) is 3.89. The van der Waals surface area contributed by atoms with Gasteiger partial charge in [0.1, 0.15) is 0 Å². The first-order valence-corrected chi connectivity index (χ1v) is 7.26. The zero-order chi connectivity index (χ0) is 12.8. The van der Waals surface area contributed by atoms with Gasteiger partial charge in [0.2, 0.25) is 0 Å². The highest BCUT2D eigenvalue weighted by Crippen LogP contribution is 2.08. The molecule has 1 aromatic carbocycles. The van der Waals surface area contributed by atoms with Gasteiger partial charge in [0, 0.05) is 18.6 Å². The van der Waals surface area contributed by atoms with E-state index in [2.05, 4.69) is 54.4 Å². The third-order valence-corrected chi connectivity index (χ3v) is 3.89. The van der Waals surface area contributed by atoms with Crippen molar-refractivity contribution in [2.75, 3.05) is 19.6 Å². The third kappa shape index (κ3) is 4.43. The highest BCUT2D eigenvalue weighted by molar-refractivity contribution is 5.14. The number of hydrogen-bond donors (Lipinski definition) is 1. The molecule has 18 heavy (non-hydrogen) atoms. The number of nitrogens with zero attached hydrogens (tertiary/aromatic N) is 1. The van der Waals surface area contributed by atoms with Gasteiger partial charge in [0.05, 0.1) is 0 Å². The van der Waals surface area contributed by atoms with Crippen LogP contribution in [0.25, 0.3) is 0 Å². The summed E-state index contributed by atoms with van der Waals surface area (Å²) in [5.74, 6) is 0. The van der Waals surface area contributed by atoms with Crippen LogP contribution in [0.1, 0.15) is 32.3 Å². The molecule has 1 N–H and O–H groups in total. The zero-order valence-corrected chi connectivity index (χ0v) is 11.7. The van der Waals surface area contributed by atoms with Gasteiger partial charge < -0.3 is 10.2 Å². The Bertz CT molecular complexity index is 324. The molecule has 0 aromatic heterocycles. The molecular formula is C16H26N2. The van der Waals surface area contributed by atoms with E-state index in [1.807, 2.05) is 0 Å². The molecule has 1 aliphatic rings. The van der Waals surface area contributed by atoms with Crippen molar-refractivity contribution in [1.82, 2.24) is 10.2 Å². The first kappa shape index (κ1) is 13.6. The van der Waals surface area contributed by atoms with Crippen LogP contribution in [0.4, 0.5) is 0 Å². The molecule has 1 heterocycles. The predicted molar refractivity (Wildman–Crippen MR) is 77.9 cm³/mol. The molecule has 0 bridgehead atoms. The van der Waals surface area contributed by atoms with Crippen LogP contribution >= 0.6 is 0 Å². The van der Waals surface area contributed by atoms with Crippen molar-refractivity contribution in [3.63, 3.8) is 0 Å². The molecule has 0 spiro atoms. The maximum Gasteiger partial charge on any atom is 0.00533 e. The summed E-state index contributed by atoms with van der Waals surface area (Å²) in [4.78, 5) is 2.63. The van der Waals surface area contributed by atoms with E-state index in [0.29, 0.717) is 12.1 Å². The molecule has 2 rings (SSSR count). The fourth-order valence-corrected chi connectivity index (χ4v) is 2.67. The van der Waals surface area contributed by atoms with Gasteiger partial charge in [-0.1, -0.05) is 30.3 Å². The maximum atomic E-state index is 3.65. The van der Waals surface area contributed by atoms with Crippen molar-refractivity contribution in [2.45, 2.75) is 45.2 Å².